The molecule has 0 radical (unpaired) electrons. The number of carbonyl (C=O) groups excluding carboxylic acids is 2. The van der Waals surface area contributed by atoms with E-state index >= 15 is 0 Å². The highest BCUT2D eigenvalue weighted by Crippen LogP contribution is 2.26. The molecule has 0 N–H and O–H groups in total. The van der Waals surface area contributed by atoms with Crippen LogP contribution in [0.25, 0.3) is 0 Å². The number of carbonyl (C=O) groups is 2. The third kappa shape index (κ3) is 4.79. The third-order valence-electron chi connectivity index (χ3n) is 6.58. The molecular formula is C24H28FN3O4S. The lowest BCUT2D eigenvalue weighted by atomic mass is 10.0. The van der Waals surface area contributed by atoms with Crippen LogP contribution in [0.3, 0.4) is 0 Å². The van der Waals surface area contributed by atoms with E-state index in [1.54, 1.807) is 29.2 Å². The lowest BCUT2D eigenvalue weighted by Gasteiger charge is -2.41. The van der Waals surface area contributed by atoms with E-state index in [4.69, 9.17) is 0 Å². The summed E-state index contributed by atoms with van der Waals surface area (Å²) in [6.45, 7) is 5.35. The minimum atomic E-state index is -3.60. The first-order valence-electron chi connectivity index (χ1n) is 11.1. The fourth-order valence-corrected chi connectivity index (χ4v) is 6.02. The second kappa shape index (κ2) is 9.23. The smallest absolute Gasteiger partial charge is 0.312 e. The molecule has 2 fully saturated rings. The summed E-state index contributed by atoms with van der Waals surface area (Å²) in [5.41, 5.74) is 2.59. The average Bonchev–Trinajstić information content (AvgIpc) is 2.79. The van der Waals surface area contributed by atoms with Crippen molar-refractivity contribution < 1.29 is 22.4 Å². The number of nitrogens with zero attached hydrogens (tertiary/aromatic N) is 3. The highest BCUT2D eigenvalue weighted by atomic mass is 32.2. The summed E-state index contributed by atoms with van der Waals surface area (Å²) in [6, 6.07) is 10.9. The molecule has 0 aliphatic carbocycles. The van der Waals surface area contributed by atoms with E-state index in [-0.39, 0.29) is 23.3 Å². The summed E-state index contributed by atoms with van der Waals surface area (Å²) in [5, 5.41) is 0. The molecule has 2 amide bonds. The van der Waals surface area contributed by atoms with Gasteiger partial charge >= 0.3 is 11.8 Å². The minimum Gasteiger partial charge on any atom is -0.330 e. The summed E-state index contributed by atoms with van der Waals surface area (Å²) in [7, 11) is -3.60. The third-order valence-corrected chi connectivity index (χ3v) is 8.48. The van der Waals surface area contributed by atoms with Gasteiger partial charge in [0, 0.05) is 38.8 Å². The number of rotatable bonds is 5. The fraction of sp³-hybridized carbons (Fsp3) is 0.417. The van der Waals surface area contributed by atoms with Gasteiger partial charge in [0.15, 0.2) is 0 Å². The van der Waals surface area contributed by atoms with Crippen molar-refractivity contribution in [3.8, 4) is 0 Å². The summed E-state index contributed by atoms with van der Waals surface area (Å²) in [4.78, 5) is 28.8. The van der Waals surface area contributed by atoms with Crippen LogP contribution >= 0.6 is 0 Å². The number of amides is 2. The van der Waals surface area contributed by atoms with Crippen LogP contribution in [0, 0.1) is 19.7 Å². The predicted octanol–water partition coefficient (Wildman–Crippen LogP) is 2.47. The number of aryl methyl sites for hydroxylation is 2. The Bertz CT molecular complexity index is 1180. The van der Waals surface area contributed by atoms with Gasteiger partial charge in [-0.1, -0.05) is 18.2 Å². The van der Waals surface area contributed by atoms with Crippen LogP contribution in [0.1, 0.15) is 29.5 Å². The average molecular weight is 474 g/mol. The van der Waals surface area contributed by atoms with Crippen LogP contribution in [0.5, 0.6) is 0 Å². The van der Waals surface area contributed by atoms with Crippen molar-refractivity contribution >= 4 is 21.8 Å². The molecule has 4 rings (SSSR count). The molecule has 33 heavy (non-hydrogen) atoms. The topological polar surface area (TPSA) is 78.0 Å². The summed E-state index contributed by atoms with van der Waals surface area (Å²) in [6.07, 6.45) is 0.958. The van der Waals surface area contributed by atoms with Gasteiger partial charge in [-0.15, -0.1) is 0 Å². The zero-order valence-corrected chi connectivity index (χ0v) is 19.6. The van der Waals surface area contributed by atoms with Crippen LogP contribution in [-0.2, 0) is 26.2 Å². The maximum atomic E-state index is 13.4. The van der Waals surface area contributed by atoms with Crippen molar-refractivity contribution in [3.05, 3.63) is 65.0 Å². The number of piperazine rings is 1. The first kappa shape index (κ1) is 23.4. The van der Waals surface area contributed by atoms with E-state index < -0.39 is 21.8 Å². The molecule has 0 unspecified atom stereocenters. The maximum absolute atomic E-state index is 13.4. The molecule has 2 aromatic carbocycles. The van der Waals surface area contributed by atoms with Gasteiger partial charge in [0.25, 0.3) is 0 Å². The van der Waals surface area contributed by atoms with Crippen molar-refractivity contribution in [3.63, 3.8) is 0 Å². The Morgan fingerprint density at radius 2 is 1.64 bits per heavy atom. The Hall–Kier alpha value is -2.78. The van der Waals surface area contributed by atoms with Crippen molar-refractivity contribution in [1.29, 1.82) is 0 Å². The maximum Gasteiger partial charge on any atom is 0.312 e. The summed E-state index contributed by atoms with van der Waals surface area (Å²) < 4.78 is 41.0. The number of piperidine rings is 1. The SMILES string of the molecule is Cc1ccc(S(=O)(=O)N2CCC(N3CCN(Cc4cccc(F)c4)C(=O)C3=O)CC2)cc1C. The number of sulfonamides is 1. The molecule has 2 aliphatic heterocycles. The van der Waals surface area contributed by atoms with E-state index in [2.05, 4.69) is 0 Å². The Labute approximate surface area is 193 Å². The highest BCUT2D eigenvalue weighted by Gasteiger charge is 2.39. The molecule has 7 nitrogen and oxygen atoms in total. The van der Waals surface area contributed by atoms with E-state index in [0.29, 0.717) is 44.6 Å². The molecule has 176 valence electrons. The molecule has 0 saturated carbocycles. The lowest BCUT2D eigenvalue weighted by Crippen LogP contribution is -2.58. The standard InChI is InChI=1S/C24H28FN3O4S/c1-17-6-7-22(14-18(17)2)33(31,32)27-10-8-21(9-11-27)28-13-12-26(23(29)24(28)30)16-19-4-3-5-20(25)15-19/h3-7,14-15,21H,8-13,16H2,1-2H3. The van der Waals surface area contributed by atoms with Crippen LogP contribution in [-0.4, -0.2) is 66.6 Å². The second-order valence-electron chi connectivity index (χ2n) is 8.74. The lowest BCUT2D eigenvalue weighted by molar-refractivity contribution is -0.158. The van der Waals surface area contributed by atoms with E-state index in [0.717, 1.165) is 11.1 Å². The quantitative estimate of drug-likeness (QED) is 0.625. The Balaban J connectivity index is 1.37. The zero-order chi connectivity index (χ0) is 23.8. The molecule has 2 heterocycles. The molecule has 2 aliphatic rings. The molecule has 0 atom stereocenters. The van der Waals surface area contributed by atoms with Crippen molar-refractivity contribution in [2.24, 2.45) is 0 Å². The van der Waals surface area contributed by atoms with E-state index in [1.165, 1.54) is 21.3 Å². The largest absolute Gasteiger partial charge is 0.330 e. The normalized spacial score (nSPS) is 18.8. The highest BCUT2D eigenvalue weighted by molar-refractivity contribution is 7.89. The van der Waals surface area contributed by atoms with Gasteiger partial charge in [0.05, 0.1) is 4.90 Å². The summed E-state index contributed by atoms with van der Waals surface area (Å²) in [5.74, 6) is -1.56. The van der Waals surface area contributed by atoms with Crippen LogP contribution in [0.15, 0.2) is 47.4 Å². The molecule has 2 aromatic rings. The molecule has 9 heteroatoms. The monoisotopic (exact) mass is 473 g/mol. The molecule has 0 spiro atoms. The van der Waals surface area contributed by atoms with E-state index in [1.807, 2.05) is 19.9 Å². The minimum absolute atomic E-state index is 0.177. The number of hydrogen-bond donors (Lipinski definition) is 0. The first-order chi connectivity index (χ1) is 15.7. The first-order valence-corrected chi connectivity index (χ1v) is 12.5. The van der Waals surface area contributed by atoms with Gasteiger partial charge in [-0.05, 0) is 67.6 Å². The van der Waals surface area contributed by atoms with Crippen molar-refractivity contribution in [2.75, 3.05) is 26.2 Å². The van der Waals surface area contributed by atoms with Crippen LogP contribution < -0.4 is 0 Å². The van der Waals surface area contributed by atoms with Crippen molar-refractivity contribution in [2.45, 2.75) is 44.2 Å². The van der Waals surface area contributed by atoms with Crippen molar-refractivity contribution in [1.82, 2.24) is 14.1 Å². The molecule has 0 aromatic heterocycles. The Morgan fingerprint density at radius 3 is 2.30 bits per heavy atom. The zero-order valence-electron chi connectivity index (χ0n) is 18.8. The predicted molar refractivity (Wildman–Crippen MR) is 121 cm³/mol. The van der Waals surface area contributed by atoms with Gasteiger partial charge in [0.2, 0.25) is 10.0 Å². The van der Waals surface area contributed by atoms with Gasteiger partial charge in [-0.2, -0.15) is 4.31 Å². The van der Waals surface area contributed by atoms with E-state index in [9.17, 15) is 22.4 Å². The Morgan fingerprint density at radius 1 is 0.909 bits per heavy atom. The fourth-order valence-electron chi connectivity index (χ4n) is 4.46. The van der Waals surface area contributed by atoms with Gasteiger partial charge in [0.1, 0.15) is 5.82 Å². The second-order valence-corrected chi connectivity index (χ2v) is 10.7. The van der Waals surface area contributed by atoms with Gasteiger partial charge in [-0.25, -0.2) is 12.8 Å². The number of hydrogen-bond acceptors (Lipinski definition) is 4. The van der Waals surface area contributed by atoms with Crippen LogP contribution in [0.4, 0.5) is 4.39 Å². The number of benzene rings is 2. The van der Waals surface area contributed by atoms with Gasteiger partial charge in [-0.3, -0.25) is 9.59 Å². The molecular weight excluding hydrogens is 445 g/mol. The summed E-state index contributed by atoms with van der Waals surface area (Å²) >= 11 is 0. The molecule has 0 bridgehead atoms. The number of halogens is 1. The molecule has 2 saturated heterocycles. The van der Waals surface area contributed by atoms with Gasteiger partial charge < -0.3 is 9.80 Å². The Kier molecular flexibility index (Phi) is 6.54. The van der Waals surface area contributed by atoms with Crippen LogP contribution in [0.2, 0.25) is 0 Å².